The van der Waals surface area contributed by atoms with Crippen LogP contribution in [0.5, 0.6) is 0 Å². The molecule has 2 aliphatic heterocycles. The summed E-state index contributed by atoms with van der Waals surface area (Å²) in [4.78, 5) is 26.3. The van der Waals surface area contributed by atoms with Gasteiger partial charge in [0.15, 0.2) is 9.84 Å². The highest BCUT2D eigenvalue weighted by molar-refractivity contribution is 7.91. The molecule has 0 radical (unpaired) electrons. The van der Waals surface area contributed by atoms with E-state index >= 15 is 0 Å². The predicted octanol–water partition coefficient (Wildman–Crippen LogP) is 2.20. The minimum absolute atomic E-state index is 0.00827. The van der Waals surface area contributed by atoms with Crippen molar-refractivity contribution in [3.63, 3.8) is 0 Å². The fourth-order valence-corrected chi connectivity index (χ4v) is 5.68. The topological polar surface area (TPSA) is 108 Å². The largest absolute Gasteiger partial charge is 0.352 e. The van der Waals surface area contributed by atoms with Gasteiger partial charge in [-0.25, -0.2) is 13.2 Å². The third-order valence-electron chi connectivity index (χ3n) is 5.56. The Hall–Kier alpha value is -3.07. The Morgan fingerprint density at radius 3 is 2.58 bits per heavy atom. The van der Waals surface area contributed by atoms with Gasteiger partial charge in [0.1, 0.15) is 0 Å². The van der Waals surface area contributed by atoms with E-state index in [1.54, 1.807) is 0 Å². The molecule has 31 heavy (non-hydrogen) atoms. The first-order valence-corrected chi connectivity index (χ1v) is 12.2. The second kappa shape index (κ2) is 8.97. The summed E-state index contributed by atoms with van der Waals surface area (Å²) in [6.07, 6.45) is 1.56. The molecule has 0 unspecified atom stereocenters. The molecule has 3 N–H and O–H groups in total. The van der Waals surface area contributed by atoms with E-state index in [4.69, 9.17) is 0 Å². The molecule has 164 valence electrons. The minimum atomic E-state index is -3.03. The fourth-order valence-electron chi connectivity index (χ4n) is 4.00. The maximum Gasteiger partial charge on any atom is 0.319 e. The second-order valence-corrected chi connectivity index (χ2v) is 10.1. The Bertz CT molecular complexity index is 1070. The smallest absolute Gasteiger partial charge is 0.319 e. The summed E-state index contributed by atoms with van der Waals surface area (Å²) in [7, 11) is -3.03. The summed E-state index contributed by atoms with van der Waals surface area (Å²) in [5.41, 5.74) is 4.29. The molecule has 2 aliphatic rings. The molecule has 0 aliphatic carbocycles. The zero-order valence-electron chi connectivity index (χ0n) is 17.1. The van der Waals surface area contributed by atoms with E-state index in [9.17, 15) is 18.0 Å². The van der Waals surface area contributed by atoms with Crippen LogP contribution in [0.3, 0.4) is 0 Å². The molecule has 0 saturated carbocycles. The van der Waals surface area contributed by atoms with E-state index < -0.39 is 15.9 Å². The molecular weight excluding hydrogens is 416 g/mol. The van der Waals surface area contributed by atoms with E-state index in [-0.39, 0.29) is 36.4 Å². The SMILES string of the molecule is O=C(CCNC(=O)Nc1ccc(N2CCc3ccccc32)cc1)N[C@@H]1CCS(=O)(=O)C1. The van der Waals surface area contributed by atoms with Gasteiger partial charge in [-0.15, -0.1) is 0 Å². The molecule has 1 atom stereocenters. The lowest BCUT2D eigenvalue weighted by atomic mass is 10.2. The standard InChI is InChI=1S/C22H26N4O4S/c27-21(24-18-11-14-31(29,30)15-18)9-12-23-22(28)25-17-5-7-19(8-6-17)26-13-10-16-3-1-2-4-20(16)26/h1-8,18H,9-15H2,(H,24,27)(H2,23,25,28)/t18-/m1/s1. The summed E-state index contributed by atoms with van der Waals surface area (Å²) >= 11 is 0. The highest BCUT2D eigenvalue weighted by atomic mass is 32.2. The van der Waals surface area contributed by atoms with Crippen LogP contribution >= 0.6 is 0 Å². The number of carbonyl (C=O) groups excluding carboxylic acids is 2. The normalized spacial score (nSPS) is 19.0. The van der Waals surface area contributed by atoms with Gasteiger partial charge in [-0.05, 0) is 48.7 Å². The fraction of sp³-hybridized carbons (Fsp3) is 0.364. The number of urea groups is 1. The van der Waals surface area contributed by atoms with Gasteiger partial charge in [0.2, 0.25) is 5.91 Å². The molecule has 4 rings (SSSR count). The number of anilines is 3. The van der Waals surface area contributed by atoms with Crippen molar-refractivity contribution in [1.82, 2.24) is 10.6 Å². The Labute approximate surface area is 181 Å². The van der Waals surface area contributed by atoms with Gasteiger partial charge in [-0.1, -0.05) is 18.2 Å². The third kappa shape index (κ3) is 5.35. The molecule has 1 saturated heterocycles. The highest BCUT2D eigenvalue weighted by Gasteiger charge is 2.28. The van der Waals surface area contributed by atoms with Crippen molar-refractivity contribution < 1.29 is 18.0 Å². The van der Waals surface area contributed by atoms with Gasteiger partial charge < -0.3 is 20.9 Å². The minimum Gasteiger partial charge on any atom is -0.352 e. The van der Waals surface area contributed by atoms with Crippen molar-refractivity contribution >= 4 is 38.8 Å². The number of fused-ring (bicyclic) bond motifs is 1. The molecule has 2 aromatic rings. The molecule has 0 aromatic heterocycles. The van der Waals surface area contributed by atoms with Crippen molar-refractivity contribution in [1.29, 1.82) is 0 Å². The van der Waals surface area contributed by atoms with E-state index in [1.807, 2.05) is 30.3 Å². The van der Waals surface area contributed by atoms with Crippen molar-refractivity contribution in [2.24, 2.45) is 0 Å². The Morgan fingerprint density at radius 2 is 1.84 bits per heavy atom. The molecule has 2 heterocycles. The molecule has 0 bridgehead atoms. The predicted molar refractivity (Wildman–Crippen MR) is 120 cm³/mol. The monoisotopic (exact) mass is 442 g/mol. The zero-order chi connectivity index (χ0) is 21.8. The summed E-state index contributed by atoms with van der Waals surface area (Å²) < 4.78 is 22.9. The van der Waals surface area contributed by atoms with Gasteiger partial charge in [-0.2, -0.15) is 0 Å². The highest BCUT2D eigenvalue weighted by Crippen LogP contribution is 2.34. The Kier molecular flexibility index (Phi) is 6.13. The lowest BCUT2D eigenvalue weighted by Crippen LogP contribution is -2.38. The van der Waals surface area contributed by atoms with Gasteiger partial charge in [0.25, 0.3) is 0 Å². The van der Waals surface area contributed by atoms with Crippen molar-refractivity contribution in [2.75, 3.05) is 34.8 Å². The van der Waals surface area contributed by atoms with Crippen LogP contribution in [0.1, 0.15) is 18.4 Å². The van der Waals surface area contributed by atoms with Crippen molar-refractivity contribution in [2.45, 2.75) is 25.3 Å². The lowest BCUT2D eigenvalue weighted by molar-refractivity contribution is -0.121. The van der Waals surface area contributed by atoms with Gasteiger partial charge >= 0.3 is 6.03 Å². The van der Waals surface area contributed by atoms with Crippen molar-refractivity contribution in [3.8, 4) is 0 Å². The van der Waals surface area contributed by atoms with Crippen LogP contribution in [0, 0.1) is 0 Å². The number of sulfone groups is 1. The first kappa shape index (κ1) is 21.2. The number of hydrogen-bond donors (Lipinski definition) is 3. The molecule has 3 amide bonds. The molecule has 9 heteroatoms. The van der Waals surface area contributed by atoms with Gasteiger partial charge in [0, 0.05) is 42.6 Å². The number of rotatable bonds is 6. The molecule has 8 nitrogen and oxygen atoms in total. The summed E-state index contributed by atoms with van der Waals surface area (Å²) in [5, 5.41) is 8.11. The number of benzene rings is 2. The van der Waals surface area contributed by atoms with E-state index in [0.717, 1.165) is 18.7 Å². The summed E-state index contributed by atoms with van der Waals surface area (Å²) in [5.74, 6) is -0.162. The maximum atomic E-state index is 12.1. The molecule has 0 spiro atoms. The number of amides is 3. The average Bonchev–Trinajstić information content (AvgIpc) is 3.31. The van der Waals surface area contributed by atoms with Crippen LogP contribution in [0.2, 0.25) is 0 Å². The van der Waals surface area contributed by atoms with Crippen molar-refractivity contribution in [3.05, 3.63) is 54.1 Å². The van der Waals surface area contributed by atoms with Crippen LogP contribution in [-0.2, 0) is 21.1 Å². The first-order chi connectivity index (χ1) is 14.9. The van der Waals surface area contributed by atoms with Crippen LogP contribution in [-0.4, -0.2) is 51.0 Å². The van der Waals surface area contributed by atoms with E-state index in [0.29, 0.717) is 12.1 Å². The quantitative estimate of drug-likeness (QED) is 0.636. The first-order valence-electron chi connectivity index (χ1n) is 10.4. The van der Waals surface area contributed by atoms with E-state index in [1.165, 1.54) is 11.3 Å². The summed E-state index contributed by atoms with van der Waals surface area (Å²) in [6.45, 7) is 1.10. The molecular formula is C22H26N4O4S. The number of para-hydroxylation sites is 1. The second-order valence-electron chi connectivity index (χ2n) is 7.88. The summed E-state index contributed by atoms with van der Waals surface area (Å²) in [6, 6.07) is 15.3. The van der Waals surface area contributed by atoms with Gasteiger partial charge in [-0.3, -0.25) is 4.79 Å². The zero-order valence-corrected chi connectivity index (χ0v) is 18.0. The van der Waals surface area contributed by atoms with Crippen LogP contribution in [0.15, 0.2) is 48.5 Å². The molecule has 1 fully saturated rings. The lowest BCUT2D eigenvalue weighted by Gasteiger charge is -2.20. The number of nitrogens with zero attached hydrogens (tertiary/aromatic N) is 1. The number of hydrogen-bond acceptors (Lipinski definition) is 5. The Balaban J connectivity index is 1.21. The third-order valence-corrected chi connectivity index (χ3v) is 7.33. The van der Waals surface area contributed by atoms with Crippen LogP contribution in [0.25, 0.3) is 0 Å². The molecule has 2 aromatic carbocycles. The average molecular weight is 443 g/mol. The Morgan fingerprint density at radius 1 is 1.06 bits per heavy atom. The number of carbonyl (C=O) groups is 2. The number of nitrogens with one attached hydrogen (secondary N) is 3. The van der Waals surface area contributed by atoms with E-state index in [2.05, 4.69) is 39.0 Å². The van der Waals surface area contributed by atoms with Gasteiger partial charge in [0.05, 0.1) is 11.5 Å². The maximum absolute atomic E-state index is 12.1. The van der Waals surface area contributed by atoms with Crippen LogP contribution in [0.4, 0.5) is 21.9 Å². The van der Waals surface area contributed by atoms with Crippen LogP contribution < -0.4 is 20.9 Å².